The highest BCUT2D eigenvalue weighted by molar-refractivity contribution is 8.04. The molecule has 1 N–H and O–H groups in total. The van der Waals surface area contributed by atoms with E-state index in [1.165, 1.54) is 19.3 Å². The molecule has 1 aromatic rings. The summed E-state index contributed by atoms with van der Waals surface area (Å²) >= 11 is 1.71. The molecule has 0 bridgehead atoms. The molecule has 5 heteroatoms. The highest BCUT2D eigenvalue weighted by Gasteiger charge is 2.43. The maximum atomic E-state index is 13.0. The van der Waals surface area contributed by atoms with Gasteiger partial charge in [0.2, 0.25) is 5.91 Å². The average molecular weight is 413 g/mol. The molecule has 1 heterocycles. The van der Waals surface area contributed by atoms with Crippen LogP contribution in [0, 0.1) is 11.8 Å². The van der Waals surface area contributed by atoms with Crippen LogP contribution in [0.15, 0.2) is 35.2 Å². The first-order valence-corrected chi connectivity index (χ1v) is 11.9. The standard InChI is InChI=1S/C24H32N2O2S/c1-16-8-6-7-11-19(16)25-23(27)18-12-13-21-20(15-18)26(2)24(28)22(29-21)14-17-9-4-3-5-10-17/h3-5,9-10,14,16,18-21H,6-8,11-13,15H2,1-2H3,(H,25,27)/b22-14+. The van der Waals surface area contributed by atoms with Gasteiger partial charge in [-0.25, -0.2) is 0 Å². The first-order chi connectivity index (χ1) is 14.0. The highest BCUT2D eigenvalue weighted by Crippen LogP contribution is 2.43. The van der Waals surface area contributed by atoms with Gasteiger partial charge in [0.1, 0.15) is 0 Å². The van der Waals surface area contributed by atoms with Crippen LogP contribution in [0.2, 0.25) is 0 Å². The largest absolute Gasteiger partial charge is 0.353 e. The number of amides is 2. The molecule has 0 spiro atoms. The Morgan fingerprint density at radius 2 is 1.90 bits per heavy atom. The monoisotopic (exact) mass is 412 g/mol. The Morgan fingerprint density at radius 1 is 1.14 bits per heavy atom. The van der Waals surface area contributed by atoms with Crippen molar-refractivity contribution >= 4 is 29.7 Å². The van der Waals surface area contributed by atoms with Crippen LogP contribution in [0.5, 0.6) is 0 Å². The minimum absolute atomic E-state index is 0.0286. The lowest BCUT2D eigenvalue weighted by Crippen LogP contribution is -2.53. The van der Waals surface area contributed by atoms with Crippen molar-refractivity contribution in [1.29, 1.82) is 0 Å². The van der Waals surface area contributed by atoms with Crippen LogP contribution in [-0.2, 0) is 9.59 Å². The zero-order valence-electron chi connectivity index (χ0n) is 17.5. The molecule has 3 fully saturated rings. The maximum absolute atomic E-state index is 13.0. The predicted molar refractivity (Wildman–Crippen MR) is 119 cm³/mol. The zero-order valence-corrected chi connectivity index (χ0v) is 18.3. The van der Waals surface area contributed by atoms with Crippen molar-refractivity contribution in [2.45, 2.75) is 69.2 Å². The molecule has 1 aliphatic heterocycles. The van der Waals surface area contributed by atoms with Gasteiger partial charge in [-0.1, -0.05) is 50.1 Å². The smallest absolute Gasteiger partial charge is 0.260 e. The fourth-order valence-electron chi connectivity index (χ4n) is 5.07. The van der Waals surface area contributed by atoms with Gasteiger partial charge in [0.25, 0.3) is 5.91 Å². The van der Waals surface area contributed by atoms with E-state index in [2.05, 4.69) is 12.2 Å². The third-order valence-electron chi connectivity index (χ3n) is 6.97. The van der Waals surface area contributed by atoms with Crippen LogP contribution in [0.25, 0.3) is 6.08 Å². The summed E-state index contributed by atoms with van der Waals surface area (Å²) in [6.45, 7) is 2.26. The van der Waals surface area contributed by atoms with E-state index >= 15 is 0 Å². The molecule has 29 heavy (non-hydrogen) atoms. The van der Waals surface area contributed by atoms with Gasteiger partial charge in [-0.3, -0.25) is 9.59 Å². The number of nitrogens with one attached hydrogen (secondary N) is 1. The summed E-state index contributed by atoms with van der Waals surface area (Å²) < 4.78 is 0. The normalized spacial score (nSPS) is 34.0. The summed E-state index contributed by atoms with van der Waals surface area (Å²) in [5, 5.41) is 3.72. The summed E-state index contributed by atoms with van der Waals surface area (Å²) in [5.41, 5.74) is 1.06. The Labute approximate surface area is 178 Å². The van der Waals surface area contributed by atoms with Crippen molar-refractivity contribution < 1.29 is 9.59 Å². The molecule has 3 aliphatic rings. The van der Waals surface area contributed by atoms with E-state index in [0.29, 0.717) is 17.2 Å². The van der Waals surface area contributed by atoms with Crippen molar-refractivity contribution in [2.75, 3.05) is 7.05 Å². The van der Waals surface area contributed by atoms with Crippen LogP contribution >= 0.6 is 11.8 Å². The van der Waals surface area contributed by atoms with E-state index in [-0.39, 0.29) is 23.8 Å². The SMILES string of the molecule is CC1CCCCC1NC(=O)C1CCC2S/C(=C/c3ccccc3)C(=O)N(C)C2C1. The van der Waals surface area contributed by atoms with Gasteiger partial charge in [0.05, 0.1) is 4.91 Å². The predicted octanol–water partition coefficient (Wildman–Crippen LogP) is 4.46. The maximum Gasteiger partial charge on any atom is 0.260 e. The lowest BCUT2D eigenvalue weighted by molar-refractivity contribution is -0.132. The second-order valence-corrected chi connectivity index (χ2v) is 10.2. The number of likely N-dealkylation sites (N-methyl/N-ethyl adjacent to an activating group) is 1. The molecule has 4 nitrogen and oxygen atoms in total. The van der Waals surface area contributed by atoms with E-state index in [1.807, 2.05) is 48.4 Å². The number of rotatable bonds is 3. The van der Waals surface area contributed by atoms with Gasteiger partial charge in [-0.15, -0.1) is 11.8 Å². The molecule has 2 aliphatic carbocycles. The van der Waals surface area contributed by atoms with Gasteiger partial charge in [0, 0.05) is 30.3 Å². The van der Waals surface area contributed by atoms with Gasteiger partial charge in [-0.2, -0.15) is 0 Å². The van der Waals surface area contributed by atoms with Crippen molar-refractivity contribution in [2.24, 2.45) is 11.8 Å². The topological polar surface area (TPSA) is 49.4 Å². The number of benzene rings is 1. The van der Waals surface area contributed by atoms with E-state index in [9.17, 15) is 9.59 Å². The van der Waals surface area contributed by atoms with E-state index in [4.69, 9.17) is 0 Å². The second kappa shape index (κ2) is 8.95. The number of carbonyl (C=O) groups is 2. The first-order valence-electron chi connectivity index (χ1n) is 11.0. The molecular formula is C24H32N2O2S. The average Bonchev–Trinajstić information content (AvgIpc) is 2.74. The van der Waals surface area contributed by atoms with Crippen LogP contribution < -0.4 is 5.32 Å². The Balaban J connectivity index is 1.41. The van der Waals surface area contributed by atoms with Gasteiger partial charge in [-0.05, 0) is 49.7 Å². The molecule has 2 amide bonds. The molecular weight excluding hydrogens is 380 g/mol. The van der Waals surface area contributed by atoms with Crippen LogP contribution in [0.1, 0.15) is 57.4 Å². The van der Waals surface area contributed by atoms with Gasteiger partial charge in [0.15, 0.2) is 0 Å². The Morgan fingerprint density at radius 3 is 2.66 bits per heavy atom. The van der Waals surface area contributed by atoms with Crippen LogP contribution in [0.4, 0.5) is 0 Å². The van der Waals surface area contributed by atoms with Gasteiger partial charge < -0.3 is 10.2 Å². The molecule has 0 radical (unpaired) electrons. The molecule has 5 unspecified atom stereocenters. The van der Waals surface area contributed by atoms with Crippen LogP contribution in [-0.4, -0.2) is 41.1 Å². The van der Waals surface area contributed by atoms with Crippen LogP contribution in [0.3, 0.4) is 0 Å². The van der Waals surface area contributed by atoms with Crippen molar-refractivity contribution in [3.63, 3.8) is 0 Å². The molecule has 4 rings (SSSR count). The number of hydrogen-bond acceptors (Lipinski definition) is 3. The summed E-state index contributed by atoms with van der Waals surface area (Å²) in [5.74, 6) is 0.894. The molecule has 156 valence electrons. The van der Waals surface area contributed by atoms with Crippen molar-refractivity contribution in [3.05, 3.63) is 40.8 Å². The van der Waals surface area contributed by atoms with E-state index < -0.39 is 0 Å². The lowest BCUT2D eigenvalue weighted by atomic mass is 9.82. The van der Waals surface area contributed by atoms with E-state index in [1.54, 1.807) is 11.8 Å². The quantitative estimate of drug-likeness (QED) is 0.746. The number of carbonyl (C=O) groups excluding carboxylic acids is 2. The number of thioether (sulfide) groups is 1. The number of fused-ring (bicyclic) bond motifs is 1. The first kappa shape index (κ1) is 20.5. The Bertz CT molecular complexity index is 778. The Hall–Kier alpha value is -1.75. The van der Waals surface area contributed by atoms with Gasteiger partial charge >= 0.3 is 0 Å². The minimum Gasteiger partial charge on any atom is -0.353 e. The molecule has 2 saturated carbocycles. The van der Waals surface area contributed by atoms with Crippen molar-refractivity contribution in [1.82, 2.24) is 10.2 Å². The fraction of sp³-hybridized carbons (Fsp3) is 0.583. The summed E-state index contributed by atoms with van der Waals surface area (Å²) in [6.07, 6.45) is 9.50. The fourth-order valence-corrected chi connectivity index (χ4v) is 6.55. The zero-order chi connectivity index (χ0) is 20.4. The molecule has 5 atom stereocenters. The second-order valence-electron chi connectivity index (χ2n) is 8.95. The third-order valence-corrected chi connectivity index (χ3v) is 8.37. The Kier molecular flexibility index (Phi) is 6.33. The summed E-state index contributed by atoms with van der Waals surface area (Å²) in [4.78, 5) is 28.6. The lowest BCUT2D eigenvalue weighted by Gasteiger charge is -2.44. The molecule has 1 saturated heterocycles. The summed E-state index contributed by atoms with van der Waals surface area (Å²) in [7, 11) is 1.90. The molecule has 1 aromatic carbocycles. The third kappa shape index (κ3) is 4.55. The molecule has 0 aromatic heterocycles. The summed E-state index contributed by atoms with van der Waals surface area (Å²) in [6, 6.07) is 10.5. The minimum atomic E-state index is 0.0286. The van der Waals surface area contributed by atoms with Crippen molar-refractivity contribution in [3.8, 4) is 0 Å². The number of hydrogen-bond donors (Lipinski definition) is 1. The number of nitrogens with zero attached hydrogens (tertiary/aromatic N) is 1. The van der Waals surface area contributed by atoms with E-state index in [0.717, 1.165) is 36.2 Å². The highest BCUT2D eigenvalue weighted by atomic mass is 32.2.